The minimum Gasteiger partial charge on any atom is -0.481 e. The number of aromatic nitrogens is 1. The maximum absolute atomic E-state index is 12.5. The zero-order valence-electron chi connectivity index (χ0n) is 14.0. The van der Waals surface area contributed by atoms with E-state index >= 15 is 0 Å². The molecule has 2 aromatic rings. The smallest absolute Gasteiger partial charge is 0.306 e. The first-order valence-corrected chi connectivity index (χ1v) is 8.71. The average Bonchev–Trinajstić information content (AvgIpc) is 2.97. The predicted octanol–water partition coefficient (Wildman–Crippen LogP) is 3.88. The Balaban J connectivity index is 1.70. The van der Waals surface area contributed by atoms with Gasteiger partial charge in [-0.05, 0) is 49.9 Å². The second-order valence-electron chi connectivity index (χ2n) is 6.67. The van der Waals surface area contributed by atoms with E-state index in [0.717, 1.165) is 36.9 Å². The Bertz CT molecular complexity index is 750. The molecule has 1 heterocycles. The molecular weight excluding hydrogens is 304 g/mol. The number of nitrogens with one attached hydrogen (secondary N) is 1. The van der Waals surface area contributed by atoms with Crippen molar-refractivity contribution >= 4 is 28.5 Å². The maximum atomic E-state index is 12.5. The van der Waals surface area contributed by atoms with Crippen molar-refractivity contribution in [1.29, 1.82) is 0 Å². The van der Waals surface area contributed by atoms with Crippen LogP contribution < -0.4 is 5.32 Å². The van der Waals surface area contributed by atoms with Gasteiger partial charge in [-0.3, -0.25) is 9.59 Å². The van der Waals surface area contributed by atoms with Crippen molar-refractivity contribution in [1.82, 2.24) is 4.57 Å². The summed E-state index contributed by atoms with van der Waals surface area (Å²) in [4.78, 5) is 23.6. The SMILES string of the molecule is CCCn1ccc2cc(NC(=O)C3CCCC(C(=O)O)C3)ccc21. The molecule has 1 amide bonds. The lowest BCUT2D eigenvalue weighted by molar-refractivity contribution is -0.143. The number of benzene rings is 1. The Morgan fingerprint density at radius 1 is 1.25 bits per heavy atom. The van der Waals surface area contributed by atoms with E-state index in [1.807, 2.05) is 18.2 Å². The lowest BCUT2D eigenvalue weighted by Crippen LogP contribution is -2.30. The summed E-state index contributed by atoms with van der Waals surface area (Å²) in [6.45, 7) is 3.13. The van der Waals surface area contributed by atoms with Crippen molar-refractivity contribution in [3.63, 3.8) is 0 Å². The predicted molar refractivity (Wildman–Crippen MR) is 93.9 cm³/mol. The number of carbonyl (C=O) groups is 2. The number of aliphatic carboxylic acids is 1. The molecule has 0 aliphatic heterocycles. The normalized spacial score (nSPS) is 20.9. The maximum Gasteiger partial charge on any atom is 0.306 e. The van der Waals surface area contributed by atoms with Crippen molar-refractivity contribution in [3.05, 3.63) is 30.5 Å². The van der Waals surface area contributed by atoms with Gasteiger partial charge in [-0.25, -0.2) is 0 Å². The number of aryl methyl sites for hydroxylation is 1. The van der Waals surface area contributed by atoms with Crippen molar-refractivity contribution in [3.8, 4) is 0 Å². The summed E-state index contributed by atoms with van der Waals surface area (Å²) >= 11 is 0. The van der Waals surface area contributed by atoms with E-state index in [-0.39, 0.29) is 17.7 Å². The molecule has 1 fully saturated rings. The van der Waals surface area contributed by atoms with Gasteiger partial charge in [0.25, 0.3) is 0 Å². The largest absolute Gasteiger partial charge is 0.481 e. The van der Waals surface area contributed by atoms with Crippen LogP contribution in [0.2, 0.25) is 0 Å². The first-order valence-electron chi connectivity index (χ1n) is 8.71. The fraction of sp³-hybridized carbons (Fsp3) is 0.474. The fourth-order valence-corrected chi connectivity index (χ4v) is 3.61. The molecule has 1 aliphatic carbocycles. The summed E-state index contributed by atoms with van der Waals surface area (Å²) in [5, 5.41) is 13.2. The molecule has 1 aromatic carbocycles. The number of hydrogen-bond acceptors (Lipinski definition) is 2. The van der Waals surface area contributed by atoms with Crippen LogP contribution in [-0.4, -0.2) is 21.6 Å². The lowest BCUT2D eigenvalue weighted by atomic mass is 9.81. The Kier molecular flexibility index (Phi) is 4.88. The van der Waals surface area contributed by atoms with E-state index in [0.29, 0.717) is 12.8 Å². The summed E-state index contributed by atoms with van der Waals surface area (Å²) in [6.07, 6.45) is 5.83. The molecule has 2 atom stereocenters. The third-order valence-corrected chi connectivity index (χ3v) is 4.90. The molecule has 0 spiro atoms. The molecule has 1 aromatic heterocycles. The van der Waals surface area contributed by atoms with Crippen molar-refractivity contribution in [2.24, 2.45) is 11.8 Å². The highest BCUT2D eigenvalue weighted by atomic mass is 16.4. The van der Waals surface area contributed by atoms with Crippen LogP contribution >= 0.6 is 0 Å². The van der Waals surface area contributed by atoms with Crippen LogP contribution in [0, 0.1) is 11.8 Å². The third-order valence-electron chi connectivity index (χ3n) is 4.90. The quantitative estimate of drug-likeness (QED) is 0.875. The molecule has 128 valence electrons. The average molecular weight is 328 g/mol. The van der Waals surface area contributed by atoms with Crippen LogP contribution in [-0.2, 0) is 16.1 Å². The molecule has 0 bridgehead atoms. The van der Waals surface area contributed by atoms with Gasteiger partial charge in [0, 0.05) is 35.2 Å². The van der Waals surface area contributed by atoms with Gasteiger partial charge in [0.15, 0.2) is 0 Å². The van der Waals surface area contributed by atoms with Crippen LogP contribution in [0.3, 0.4) is 0 Å². The highest BCUT2D eigenvalue weighted by Crippen LogP contribution is 2.30. The molecule has 0 saturated heterocycles. The summed E-state index contributed by atoms with van der Waals surface area (Å²) < 4.78 is 2.21. The Morgan fingerprint density at radius 2 is 2.04 bits per heavy atom. The molecule has 2 unspecified atom stereocenters. The number of nitrogens with zero attached hydrogens (tertiary/aromatic N) is 1. The van der Waals surface area contributed by atoms with Gasteiger partial charge in [-0.2, -0.15) is 0 Å². The Hall–Kier alpha value is -2.30. The second kappa shape index (κ2) is 7.07. The van der Waals surface area contributed by atoms with Crippen molar-refractivity contribution in [2.75, 3.05) is 5.32 Å². The molecule has 1 aliphatic rings. The number of carbonyl (C=O) groups excluding carboxylic acids is 1. The summed E-state index contributed by atoms with van der Waals surface area (Å²) in [5.74, 6) is -1.44. The zero-order valence-corrected chi connectivity index (χ0v) is 14.0. The van der Waals surface area contributed by atoms with Crippen LogP contribution in [0.15, 0.2) is 30.5 Å². The van der Waals surface area contributed by atoms with E-state index < -0.39 is 5.97 Å². The number of anilines is 1. The molecule has 0 radical (unpaired) electrons. The number of fused-ring (bicyclic) bond motifs is 1. The second-order valence-corrected chi connectivity index (χ2v) is 6.67. The minimum absolute atomic E-state index is 0.0618. The van der Waals surface area contributed by atoms with Gasteiger partial charge in [0.1, 0.15) is 0 Å². The standard InChI is InChI=1S/C19H24N2O3/c1-2-9-21-10-8-13-12-16(6-7-17(13)21)20-18(22)14-4-3-5-15(11-14)19(23)24/h6-8,10,12,14-15H,2-5,9,11H2,1H3,(H,20,22)(H,23,24). The molecule has 24 heavy (non-hydrogen) atoms. The Morgan fingerprint density at radius 3 is 2.79 bits per heavy atom. The first-order chi connectivity index (χ1) is 11.6. The van der Waals surface area contributed by atoms with Gasteiger partial charge in [0.2, 0.25) is 5.91 Å². The molecule has 1 saturated carbocycles. The monoisotopic (exact) mass is 328 g/mol. The number of amides is 1. The van der Waals surface area contributed by atoms with Crippen LogP contribution in [0.25, 0.3) is 10.9 Å². The molecular formula is C19H24N2O3. The highest BCUT2D eigenvalue weighted by Gasteiger charge is 2.31. The van der Waals surface area contributed by atoms with Gasteiger partial charge in [-0.15, -0.1) is 0 Å². The van der Waals surface area contributed by atoms with Crippen LogP contribution in [0.5, 0.6) is 0 Å². The van der Waals surface area contributed by atoms with Gasteiger partial charge in [0.05, 0.1) is 5.92 Å². The number of carboxylic acids is 1. The topological polar surface area (TPSA) is 71.3 Å². The van der Waals surface area contributed by atoms with Gasteiger partial charge < -0.3 is 15.0 Å². The summed E-state index contributed by atoms with van der Waals surface area (Å²) in [7, 11) is 0. The van der Waals surface area contributed by atoms with E-state index in [4.69, 9.17) is 5.11 Å². The van der Waals surface area contributed by atoms with E-state index in [9.17, 15) is 9.59 Å². The number of carboxylic acid groups (broad SMARTS) is 1. The molecule has 5 nitrogen and oxygen atoms in total. The van der Waals surface area contributed by atoms with Crippen LogP contribution in [0.4, 0.5) is 5.69 Å². The molecule has 3 rings (SSSR count). The van der Waals surface area contributed by atoms with E-state index in [2.05, 4.69) is 29.1 Å². The summed E-state index contributed by atoms with van der Waals surface area (Å²) in [6, 6.07) is 7.99. The van der Waals surface area contributed by atoms with E-state index in [1.165, 1.54) is 5.52 Å². The fourth-order valence-electron chi connectivity index (χ4n) is 3.61. The van der Waals surface area contributed by atoms with Crippen molar-refractivity contribution < 1.29 is 14.7 Å². The van der Waals surface area contributed by atoms with Crippen molar-refractivity contribution in [2.45, 2.75) is 45.6 Å². The lowest BCUT2D eigenvalue weighted by Gasteiger charge is -2.25. The number of hydrogen-bond donors (Lipinski definition) is 2. The highest BCUT2D eigenvalue weighted by molar-refractivity contribution is 5.95. The van der Waals surface area contributed by atoms with Gasteiger partial charge >= 0.3 is 5.97 Å². The Labute approximate surface area is 141 Å². The first kappa shape index (κ1) is 16.6. The summed E-state index contributed by atoms with van der Waals surface area (Å²) in [5.41, 5.74) is 1.94. The van der Waals surface area contributed by atoms with E-state index in [1.54, 1.807) is 0 Å². The molecule has 2 N–H and O–H groups in total. The number of rotatable bonds is 5. The van der Waals surface area contributed by atoms with Gasteiger partial charge in [-0.1, -0.05) is 13.3 Å². The third kappa shape index (κ3) is 3.45. The van der Waals surface area contributed by atoms with Crippen LogP contribution in [0.1, 0.15) is 39.0 Å². The zero-order chi connectivity index (χ0) is 17.1. The minimum atomic E-state index is -0.786. The molecule has 5 heteroatoms.